The van der Waals surface area contributed by atoms with Gasteiger partial charge in [0.25, 0.3) is 0 Å². The Morgan fingerprint density at radius 1 is 0.941 bits per heavy atom. The minimum absolute atomic E-state index is 0.0401. The Morgan fingerprint density at radius 2 is 1.53 bits per heavy atom. The molecule has 0 aliphatic heterocycles. The summed E-state index contributed by atoms with van der Waals surface area (Å²) in [7, 11) is 0. The van der Waals surface area contributed by atoms with E-state index in [1.54, 1.807) is 12.1 Å². The van der Waals surface area contributed by atoms with Gasteiger partial charge in [0, 0.05) is 28.3 Å². The lowest BCUT2D eigenvalue weighted by Crippen LogP contribution is -2.40. The van der Waals surface area contributed by atoms with Crippen molar-refractivity contribution in [2.24, 2.45) is 11.8 Å². The van der Waals surface area contributed by atoms with Gasteiger partial charge in [0.15, 0.2) is 11.6 Å². The van der Waals surface area contributed by atoms with E-state index in [0.29, 0.717) is 17.5 Å². The molecule has 0 spiro atoms. The summed E-state index contributed by atoms with van der Waals surface area (Å²) in [5.41, 5.74) is 1.19. The van der Waals surface area contributed by atoms with E-state index < -0.39 is 0 Å². The number of ketones is 2. The molecule has 0 saturated heterocycles. The zero-order chi connectivity index (χ0) is 12.0. The van der Waals surface area contributed by atoms with Gasteiger partial charge < -0.3 is 0 Å². The Labute approximate surface area is 105 Å². The first-order valence-corrected chi connectivity index (χ1v) is 6.43. The summed E-state index contributed by atoms with van der Waals surface area (Å²) in [6.45, 7) is 0. The van der Waals surface area contributed by atoms with Crippen molar-refractivity contribution in [1.29, 1.82) is 0 Å². The first-order valence-electron chi connectivity index (χ1n) is 6.00. The molecule has 0 amide bonds. The minimum atomic E-state index is -0.186. The zero-order valence-corrected chi connectivity index (χ0v) is 10.1. The van der Waals surface area contributed by atoms with E-state index in [0.717, 1.165) is 12.8 Å². The van der Waals surface area contributed by atoms with E-state index in [1.807, 2.05) is 12.1 Å². The maximum atomic E-state index is 12.3. The van der Waals surface area contributed by atoms with Crippen molar-refractivity contribution in [3.05, 3.63) is 35.4 Å². The van der Waals surface area contributed by atoms with Crippen LogP contribution in [0.4, 0.5) is 0 Å². The summed E-state index contributed by atoms with van der Waals surface area (Å²) in [5.74, 6) is -0.0784. The van der Waals surface area contributed by atoms with Crippen LogP contribution in [0.1, 0.15) is 40.0 Å². The van der Waals surface area contributed by atoms with Crippen LogP contribution >= 0.6 is 11.6 Å². The second-order valence-corrected chi connectivity index (χ2v) is 5.51. The molecule has 0 bridgehead atoms. The van der Waals surface area contributed by atoms with Gasteiger partial charge in [-0.25, -0.2) is 0 Å². The lowest BCUT2D eigenvalue weighted by atomic mass is 9.67. The Bertz CT molecular complexity index is 495. The van der Waals surface area contributed by atoms with Gasteiger partial charge in [-0.3, -0.25) is 9.59 Å². The van der Waals surface area contributed by atoms with Crippen molar-refractivity contribution < 1.29 is 9.59 Å². The zero-order valence-electron chi connectivity index (χ0n) is 9.36. The van der Waals surface area contributed by atoms with Gasteiger partial charge in [0.1, 0.15) is 0 Å². The van der Waals surface area contributed by atoms with Crippen molar-refractivity contribution in [1.82, 2.24) is 0 Å². The maximum Gasteiger partial charge on any atom is 0.167 e. The molecule has 0 aromatic heterocycles. The van der Waals surface area contributed by atoms with Crippen LogP contribution in [0.5, 0.6) is 0 Å². The Morgan fingerprint density at radius 3 is 2.18 bits per heavy atom. The van der Waals surface area contributed by atoms with E-state index in [2.05, 4.69) is 0 Å². The fraction of sp³-hybridized carbons (Fsp3) is 0.429. The van der Waals surface area contributed by atoms with Crippen molar-refractivity contribution in [3.8, 4) is 0 Å². The molecule has 17 heavy (non-hydrogen) atoms. The summed E-state index contributed by atoms with van der Waals surface area (Å²) < 4.78 is 0. The van der Waals surface area contributed by atoms with Gasteiger partial charge in [0.2, 0.25) is 0 Å². The van der Waals surface area contributed by atoms with Crippen LogP contribution in [-0.2, 0) is 0 Å². The second kappa shape index (κ2) is 3.95. The molecule has 88 valence electrons. The largest absolute Gasteiger partial charge is 0.294 e. The predicted molar refractivity (Wildman–Crippen MR) is 65.6 cm³/mol. The highest BCUT2D eigenvalue weighted by molar-refractivity contribution is 6.22. The fourth-order valence-corrected chi connectivity index (χ4v) is 3.35. The van der Waals surface area contributed by atoms with E-state index >= 15 is 0 Å². The van der Waals surface area contributed by atoms with Crippen LogP contribution in [0.15, 0.2) is 24.3 Å². The van der Waals surface area contributed by atoms with E-state index in [1.165, 1.54) is 0 Å². The molecule has 0 radical (unpaired) electrons. The van der Waals surface area contributed by atoms with Gasteiger partial charge in [0.05, 0.1) is 0 Å². The van der Waals surface area contributed by atoms with Crippen molar-refractivity contribution in [2.75, 3.05) is 0 Å². The molecule has 2 nitrogen and oxygen atoms in total. The summed E-state index contributed by atoms with van der Waals surface area (Å²) in [5, 5.41) is 0.0401. The number of rotatable bonds is 0. The predicted octanol–water partition coefficient (Wildman–Crippen LogP) is 3.09. The van der Waals surface area contributed by atoms with Crippen LogP contribution in [0, 0.1) is 11.8 Å². The molecular weight excluding hydrogens is 236 g/mol. The normalized spacial score (nSPS) is 31.9. The van der Waals surface area contributed by atoms with Crippen LogP contribution < -0.4 is 0 Å². The van der Waals surface area contributed by atoms with Gasteiger partial charge in [-0.1, -0.05) is 24.3 Å². The van der Waals surface area contributed by atoms with E-state index in [-0.39, 0.29) is 28.8 Å². The number of carbonyl (C=O) groups excluding carboxylic acids is 2. The Hall–Kier alpha value is -1.15. The molecule has 0 N–H and O–H groups in total. The summed E-state index contributed by atoms with van der Waals surface area (Å²) >= 11 is 6.11. The molecule has 3 atom stereocenters. The molecule has 2 aliphatic rings. The monoisotopic (exact) mass is 248 g/mol. The quantitative estimate of drug-likeness (QED) is 0.661. The van der Waals surface area contributed by atoms with E-state index in [4.69, 9.17) is 11.6 Å². The average Bonchev–Trinajstić information content (AvgIpc) is 2.36. The van der Waals surface area contributed by atoms with Crippen LogP contribution in [-0.4, -0.2) is 16.9 Å². The SMILES string of the molecule is O=C1c2ccccc2C(=O)C2CC(Cl)CCC12. The number of benzene rings is 1. The van der Waals surface area contributed by atoms with Gasteiger partial charge >= 0.3 is 0 Å². The summed E-state index contributed by atoms with van der Waals surface area (Å²) in [6, 6.07) is 7.14. The highest BCUT2D eigenvalue weighted by Crippen LogP contribution is 2.40. The van der Waals surface area contributed by atoms with Gasteiger partial charge in [-0.05, 0) is 19.3 Å². The molecule has 3 heteroatoms. The lowest BCUT2D eigenvalue weighted by molar-refractivity contribution is 0.0679. The number of alkyl halides is 1. The Balaban J connectivity index is 2.08. The van der Waals surface area contributed by atoms with Gasteiger partial charge in [-0.2, -0.15) is 0 Å². The molecule has 2 aliphatic carbocycles. The van der Waals surface area contributed by atoms with Crippen LogP contribution in [0.25, 0.3) is 0 Å². The fourth-order valence-electron chi connectivity index (χ4n) is 3.04. The smallest absolute Gasteiger partial charge is 0.167 e. The van der Waals surface area contributed by atoms with Gasteiger partial charge in [-0.15, -0.1) is 11.6 Å². The summed E-state index contributed by atoms with van der Waals surface area (Å²) in [4.78, 5) is 24.6. The molecule has 0 heterocycles. The number of hydrogen-bond donors (Lipinski definition) is 0. The van der Waals surface area contributed by atoms with E-state index in [9.17, 15) is 9.59 Å². The molecular formula is C14H13ClO2. The first-order chi connectivity index (χ1) is 8.18. The summed E-state index contributed by atoms with van der Waals surface area (Å²) in [6.07, 6.45) is 2.23. The molecule has 3 unspecified atom stereocenters. The van der Waals surface area contributed by atoms with Crippen LogP contribution in [0.3, 0.4) is 0 Å². The molecule has 1 fully saturated rings. The third-order valence-corrected chi connectivity index (χ3v) is 4.31. The van der Waals surface area contributed by atoms with Crippen molar-refractivity contribution in [2.45, 2.75) is 24.6 Å². The number of Topliss-reactive ketones (excluding diaryl/α,β-unsaturated/α-hetero) is 2. The minimum Gasteiger partial charge on any atom is -0.294 e. The first kappa shape index (κ1) is 11.0. The number of halogens is 1. The van der Waals surface area contributed by atoms with Crippen molar-refractivity contribution in [3.63, 3.8) is 0 Å². The highest BCUT2D eigenvalue weighted by atomic mass is 35.5. The molecule has 3 rings (SSSR count). The third kappa shape index (κ3) is 1.62. The highest BCUT2D eigenvalue weighted by Gasteiger charge is 2.44. The Kier molecular flexibility index (Phi) is 2.55. The topological polar surface area (TPSA) is 34.1 Å². The molecule has 1 saturated carbocycles. The lowest BCUT2D eigenvalue weighted by Gasteiger charge is -2.35. The molecule has 1 aromatic rings. The maximum absolute atomic E-state index is 12.3. The second-order valence-electron chi connectivity index (χ2n) is 4.90. The molecule has 1 aromatic carbocycles. The number of fused-ring (bicyclic) bond motifs is 2. The van der Waals surface area contributed by atoms with Crippen molar-refractivity contribution >= 4 is 23.2 Å². The third-order valence-electron chi connectivity index (χ3n) is 3.92. The number of hydrogen-bond acceptors (Lipinski definition) is 2. The standard InChI is InChI=1S/C14H13ClO2/c15-8-5-6-11-12(7-8)14(17)10-4-2-1-3-9(10)13(11)16/h1-4,8,11-12H,5-7H2. The average molecular weight is 249 g/mol. The van der Waals surface area contributed by atoms with Crippen LogP contribution in [0.2, 0.25) is 0 Å². The number of carbonyl (C=O) groups is 2.